The summed E-state index contributed by atoms with van der Waals surface area (Å²) in [5, 5.41) is 3.64. The van der Waals surface area contributed by atoms with Crippen LogP contribution in [0.2, 0.25) is 19.6 Å². The average Bonchev–Trinajstić information content (AvgIpc) is 2.28. The van der Waals surface area contributed by atoms with Crippen molar-refractivity contribution in [3.8, 4) is 0 Å². The summed E-state index contributed by atoms with van der Waals surface area (Å²) in [4.78, 5) is 0. The third-order valence-corrected chi connectivity index (χ3v) is 4.89. The van der Waals surface area contributed by atoms with Crippen molar-refractivity contribution in [3.05, 3.63) is 29.8 Å². The molecular formula is C13H19F4NSi. The molecule has 0 aliphatic rings. The topological polar surface area (TPSA) is 12.0 Å². The van der Waals surface area contributed by atoms with Gasteiger partial charge in [-0.1, -0.05) is 49.1 Å². The van der Waals surface area contributed by atoms with E-state index in [1.807, 2.05) is 24.3 Å². The van der Waals surface area contributed by atoms with Crippen LogP contribution in [-0.2, 0) is 6.54 Å². The van der Waals surface area contributed by atoms with E-state index in [4.69, 9.17) is 0 Å². The van der Waals surface area contributed by atoms with Gasteiger partial charge < -0.3 is 5.32 Å². The smallest absolute Gasteiger partial charge is 0.307 e. The lowest BCUT2D eigenvalue weighted by Gasteiger charge is -2.18. The van der Waals surface area contributed by atoms with E-state index in [1.165, 1.54) is 5.19 Å². The highest BCUT2D eigenvalue weighted by Crippen LogP contribution is 2.21. The van der Waals surface area contributed by atoms with Gasteiger partial charge in [-0.3, -0.25) is 0 Å². The number of alkyl halides is 4. The quantitative estimate of drug-likeness (QED) is 0.627. The van der Waals surface area contributed by atoms with Crippen LogP contribution in [-0.4, -0.2) is 27.0 Å². The lowest BCUT2D eigenvalue weighted by atomic mass is 10.2. The summed E-state index contributed by atoms with van der Waals surface area (Å²) in [6.45, 7) is 5.78. The highest BCUT2D eigenvalue weighted by Gasteiger charge is 2.39. The molecule has 0 unspecified atom stereocenters. The third kappa shape index (κ3) is 4.95. The second kappa shape index (κ2) is 6.05. The number of hydrogen-bond acceptors (Lipinski definition) is 1. The fraction of sp³-hybridized carbons (Fsp3) is 0.538. The van der Waals surface area contributed by atoms with Gasteiger partial charge in [-0.2, -0.15) is 8.78 Å². The Morgan fingerprint density at radius 3 is 2.05 bits per heavy atom. The lowest BCUT2D eigenvalue weighted by Crippen LogP contribution is -2.39. The van der Waals surface area contributed by atoms with Gasteiger partial charge in [-0.25, -0.2) is 8.78 Å². The Morgan fingerprint density at radius 1 is 1.11 bits per heavy atom. The molecule has 0 aromatic heterocycles. The van der Waals surface area contributed by atoms with Crippen molar-refractivity contribution in [2.75, 3.05) is 6.54 Å². The van der Waals surface area contributed by atoms with Crippen LogP contribution in [0.25, 0.3) is 0 Å². The minimum absolute atomic E-state index is 0.161. The zero-order chi connectivity index (χ0) is 14.7. The third-order valence-electron chi connectivity index (χ3n) is 2.83. The van der Waals surface area contributed by atoms with E-state index in [0.29, 0.717) is 0 Å². The van der Waals surface area contributed by atoms with Crippen LogP contribution in [0.3, 0.4) is 0 Å². The first-order chi connectivity index (χ1) is 8.63. The Hall–Kier alpha value is -0.883. The van der Waals surface area contributed by atoms with Crippen LogP contribution in [0.1, 0.15) is 5.56 Å². The molecule has 0 aliphatic heterocycles. The molecule has 0 bridgehead atoms. The number of rotatable bonds is 6. The van der Waals surface area contributed by atoms with Gasteiger partial charge in [0.15, 0.2) is 0 Å². The molecule has 0 atom stereocenters. The van der Waals surface area contributed by atoms with Gasteiger partial charge in [0.1, 0.15) is 0 Å². The standard InChI is InChI=1S/C13H19F4NSi/c1-19(2,3)11-6-4-10(5-7-11)8-18-9-13(16,17)12(14)15/h4-7,12,18H,8-9H2,1-3H3. The molecule has 0 spiro atoms. The molecule has 19 heavy (non-hydrogen) atoms. The van der Waals surface area contributed by atoms with Gasteiger partial charge >= 0.3 is 12.3 Å². The Balaban J connectivity index is 2.52. The minimum atomic E-state index is -3.97. The highest BCUT2D eigenvalue weighted by atomic mass is 28.3. The maximum Gasteiger partial charge on any atom is 0.319 e. The zero-order valence-corrected chi connectivity index (χ0v) is 12.3. The van der Waals surface area contributed by atoms with Crippen LogP contribution in [0.4, 0.5) is 17.6 Å². The van der Waals surface area contributed by atoms with Crippen molar-refractivity contribution in [1.82, 2.24) is 5.32 Å². The van der Waals surface area contributed by atoms with Crippen molar-refractivity contribution >= 4 is 13.3 Å². The van der Waals surface area contributed by atoms with E-state index in [9.17, 15) is 17.6 Å². The molecule has 6 heteroatoms. The monoisotopic (exact) mass is 293 g/mol. The maximum atomic E-state index is 12.7. The lowest BCUT2D eigenvalue weighted by molar-refractivity contribution is -0.125. The van der Waals surface area contributed by atoms with Crippen LogP contribution in [0.5, 0.6) is 0 Å². The molecule has 0 fully saturated rings. The molecular weight excluding hydrogens is 274 g/mol. The zero-order valence-electron chi connectivity index (χ0n) is 11.3. The van der Waals surface area contributed by atoms with Crippen LogP contribution in [0.15, 0.2) is 24.3 Å². The second-order valence-corrected chi connectivity index (χ2v) is 10.7. The Kier molecular flexibility index (Phi) is 5.15. The van der Waals surface area contributed by atoms with Gasteiger partial charge in [0.2, 0.25) is 0 Å². The SMILES string of the molecule is C[Si](C)(C)c1ccc(CNCC(F)(F)C(F)F)cc1. The first-order valence-electron chi connectivity index (χ1n) is 6.09. The summed E-state index contributed by atoms with van der Waals surface area (Å²) in [6, 6.07) is 7.66. The van der Waals surface area contributed by atoms with Gasteiger partial charge in [-0.05, 0) is 5.56 Å². The number of nitrogens with one attached hydrogen (secondary N) is 1. The summed E-state index contributed by atoms with van der Waals surface area (Å²) in [5.74, 6) is -3.97. The van der Waals surface area contributed by atoms with E-state index in [2.05, 4.69) is 25.0 Å². The molecule has 0 saturated carbocycles. The Labute approximate surface area is 112 Å². The molecule has 0 saturated heterocycles. The largest absolute Gasteiger partial charge is 0.319 e. The fourth-order valence-corrected chi connectivity index (χ4v) is 2.74. The van der Waals surface area contributed by atoms with Crippen molar-refractivity contribution in [3.63, 3.8) is 0 Å². The van der Waals surface area contributed by atoms with E-state index in [-0.39, 0.29) is 6.54 Å². The molecule has 1 N–H and O–H groups in total. The highest BCUT2D eigenvalue weighted by molar-refractivity contribution is 6.88. The van der Waals surface area contributed by atoms with Gasteiger partial charge in [0.05, 0.1) is 14.6 Å². The Bertz CT molecular complexity index is 398. The van der Waals surface area contributed by atoms with E-state index < -0.39 is 27.0 Å². The molecule has 0 radical (unpaired) electrons. The molecule has 108 valence electrons. The van der Waals surface area contributed by atoms with Crippen LogP contribution >= 0.6 is 0 Å². The van der Waals surface area contributed by atoms with Crippen molar-refractivity contribution < 1.29 is 17.6 Å². The number of hydrogen-bond donors (Lipinski definition) is 1. The van der Waals surface area contributed by atoms with Crippen molar-refractivity contribution in [2.24, 2.45) is 0 Å². The first kappa shape index (κ1) is 16.2. The van der Waals surface area contributed by atoms with Gasteiger partial charge in [0, 0.05) is 6.54 Å². The van der Waals surface area contributed by atoms with Gasteiger partial charge in [-0.15, -0.1) is 0 Å². The van der Waals surface area contributed by atoms with Gasteiger partial charge in [0.25, 0.3) is 0 Å². The minimum Gasteiger partial charge on any atom is -0.307 e. The molecule has 0 heterocycles. The number of benzene rings is 1. The summed E-state index contributed by atoms with van der Waals surface area (Å²) in [7, 11) is -1.37. The van der Waals surface area contributed by atoms with E-state index >= 15 is 0 Å². The predicted octanol–water partition coefficient (Wildman–Crippen LogP) is 3.22. The van der Waals surface area contributed by atoms with Crippen LogP contribution < -0.4 is 10.5 Å². The molecule has 0 aliphatic carbocycles. The molecule has 0 amide bonds. The molecule has 1 aromatic rings. The predicted molar refractivity (Wildman–Crippen MR) is 72.1 cm³/mol. The normalized spacial score (nSPS) is 13.1. The first-order valence-corrected chi connectivity index (χ1v) is 9.59. The summed E-state index contributed by atoms with van der Waals surface area (Å²) in [5.41, 5.74) is 0.812. The average molecular weight is 293 g/mol. The maximum absolute atomic E-state index is 12.7. The van der Waals surface area contributed by atoms with Crippen LogP contribution in [0, 0.1) is 0 Å². The number of halogens is 4. The fourth-order valence-electron chi connectivity index (χ4n) is 1.57. The summed E-state index contributed by atoms with van der Waals surface area (Å²) in [6.07, 6.45) is -3.63. The molecule has 1 aromatic carbocycles. The van der Waals surface area contributed by atoms with Crippen molar-refractivity contribution in [2.45, 2.75) is 38.5 Å². The Morgan fingerprint density at radius 2 is 1.63 bits per heavy atom. The summed E-state index contributed by atoms with van der Waals surface area (Å²) < 4.78 is 49.2. The summed E-state index contributed by atoms with van der Waals surface area (Å²) >= 11 is 0. The van der Waals surface area contributed by atoms with E-state index in [0.717, 1.165) is 5.56 Å². The molecule has 1 rings (SSSR count). The second-order valence-electron chi connectivity index (χ2n) is 5.61. The van der Waals surface area contributed by atoms with E-state index in [1.54, 1.807) is 0 Å². The molecule has 1 nitrogen and oxygen atoms in total. The van der Waals surface area contributed by atoms with Crippen molar-refractivity contribution in [1.29, 1.82) is 0 Å².